The zero-order chi connectivity index (χ0) is 19.0. The van der Waals surface area contributed by atoms with Gasteiger partial charge in [0.1, 0.15) is 10.6 Å². The predicted octanol–water partition coefficient (Wildman–Crippen LogP) is 1.83. The highest BCUT2D eigenvalue weighted by Crippen LogP contribution is 2.37. The maximum Gasteiger partial charge on any atom is 0.353 e. The van der Waals surface area contributed by atoms with E-state index in [-0.39, 0.29) is 22.0 Å². The van der Waals surface area contributed by atoms with Crippen LogP contribution in [0, 0.1) is 0 Å². The number of aromatic nitrogens is 3. The minimum absolute atomic E-state index is 0.0647. The van der Waals surface area contributed by atoms with Crippen LogP contribution < -0.4 is 5.32 Å². The number of carbonyl (C=O) groups is 1. The van der Waals surface area contributed by atoms with Crippen molar-refractivity contribution >= 4 is 27.0 Å². The maximum atomic E-state index is 13.3. The van der Waals surface area contributed by atoms with Gasteiger partial charge in [0.05, 0.1) is 11.0 Å². The van der Waals surface area contributed by atoms with Crippen LogP contribution in [0.4, 0.5) is 0 Å². The molecular weight excluding hydrogens is 368 g/mol. The predicted molar refractivity (Wildman–Crippen MR) is 98.4 cm³/mol. The first-order valence-electron chi connectivity index (χ1n) is 8.60. The van der Waals surface area contributed by atoms with E-state index in [1.165, 1.54) is 24.5 Å². The first-order chi connectivity index (χ1) is 13.0. The van der Waals surface area contributed by atoms with Crippen LogP contribution in [0.5, 0.6) is 0 Å². The summed E-state index contributed by atoms with van der Waals surface area (Å²) in [4.78, 5) is 20.3. The molecule has 0 saturated carbocycles. The Morgan fingerprint density at radius 2 is 1.93 bits per heavy atom. The highest BCUT2D eigenvalue weighted by molar-refractivity contribution is 7.90. The Balaban J connectivity index is 2.06. The van der Waals surface area contributed by atoms with E-state index in [1.807, 2.05) is 0 Å². The minimum atomic E-state index is -4.14. The van der Waals surface area contributed by atoms with Crippen molar-refractivity contribution in [2.45, 2.75) is 23.7 Å². The third-order valence-electron chi connectivity index (χ3n) is 4.84. The van der Waals surface area contributed by atoms with E-state index in [1.54, 1.807) is 18.3 Å². The number of nitrogens with one attached hydrogen (secondary N) is 1. The molecule has 0 spiro atoms. The number of hydrogen-bond acceptors (Lipinski definition) is 6. The van der Waals surface area contributed by atoms with Crippen LogP contribution in [0.25, 0.3) is 11.0 Å². The lowest BCUT2D eigenvalue weighted by molar-refractivity contribution is 0.0687. The standard InChI is InChI=1S/C18H18N4O4S/c23-18(24)17-15(12-5-9-19-10-6-12)16-14(4-2-8-21-16)22(17)27(25,26)13-3-1-7-20-11-13/h1-4,7-8,11-12,19H,5-6,9-10H2,(H,23,24). The molecule has 0 unspecified atom stereocenters. The SMILES string of the molecule is O=C(O)c1c(C2CCNCC2)c2ncccc2n1S(=O)(=O)c1cccnc1. The summed E-state index contributed by atoms with van der Waals surface area (Å²) in [6.07, 6.45) is 5.69. The van der Waals surface area contributed by atoms with Gasteiger partial charge in [-0.15, -0.1) is 0 Å². The molecule has 0 aromatic carbocycles. The normalized spacial score (nSPS) is 15.9. The lowest BCUT2D eigenvalue weighted by Crippen LogP contribution is -2.28. The fourth-order valence-corrected chi connectivity index (χ4v) is 5.14. The lowest BCUT2D eigenvalue weighted by atomic mass is 9.89. The highest BCUT2D eigenvalue weighted by atomic mass is 32.2. The van der Waals surface area contributed by atoms with Crippen LogP contribution in [0.1, 0.15) is 34.8 Å². The molecule has 1 aliphatic heterocycles. The Morgan fingerprint density at radius 1 is 1.19 bits per heavy atom. The molecule has 0 radical (unpaired) electrons. The van der Waals surface area contributed by atoms with Crippen molar-refractivity contribution in [2.24, 2.45) is 0 Å². The van der Waals surface area contributed by atoms with Gasteiger partial charge in [-0.2, -0.15) is 0 Å². The van der Waals surface area contributed by atoms with Crippen molar-refractivity contribution in [1.29, 1.82) is 0 Å². The Morgan fingerprint density at radius 3 is 2.59 bits per heavy atom. The number of rotatable bonds is 4. The third kappa shape index (κ3) is 2.88. The molecule has 3 aromatic heterocycles. The van der Waals surface area contributed by atoms with Gasteiger partial charge in [-0.25, -0.2) is 17.2 Å². The molecule has 4 heterocycles. The van der Waals surface area contributed by atoms with E-state index in [4.69, 9.17) is 0 Å². The molecule has 8 nitrogen and oxygen atoms in total. The summed E-state index contributed by atoms with van der Waals surface area (Å²) in [5.41, 5.74) is 0.952. The van der Waals surface area contributed by atoms with Crippen LogP contribution in [-0.2, 0) is 10.0 Å². The van der Waals surface area contributed by atoms with Crippen LogP contribution in [0.15, 0.2) is 47.8 Å². The van der Waals surface area contributed by atoms with E-state index >= 15 is 0 Å². The van der Waals surface area contributed by atoms with Gasteiger partial charge in [0.15, 0.2) is 0 Å². The topological polar surface area (TPSA) is 114 Å². The quantitative estimate of drug-likeness (QED) is 0.703. The summed E-state index contributed by atoms with van der Waals surface area (Å²) in [6, 6.07) is 6.11. The number of aromatic carboxylic acids is 1. The average molecular weight is 386 g/mol. The van der Waals surface area contributed by atoms with Crippen LogP contribution in [0.2, 0.25) is 0 Å². The molecule has 0 bridgehead atoms. The summed E-state index contributed by atoms with van der Waals surface area (Å²) < 4.78 is 27.5. The molecular formula is C18H18N4O4S. The summed E-state index contributed by atoms with van der Waals surface area (Å²) in [7, 11) is -4.14. The Bertz CT molecular complexity index is 1100. The zero-order valence-corrected chi connectivity index (χ0v) is 15.2. The largest absolute Gasteiger partial charge is 0.477 e. The van der Waals surface area contributed by atoms with Crippen LogP contribution in [0.3, 0.4) is 0 Å². The number of carboxylic acids is 1. The van der Waals surface area contributed by atoms with Gasteiger partial charge in [0, 0.05) is 24.2 Å². The van der Waals surface area contributed by atoms with Crippen molar-refractivity contribution in [1.82, 2.24) is 19.3 Å². The first-order valence-corrected chi connectivity index (χ1v) is 10.0. The fraction of sp³-hybridized carbons (Fsp3) is 0.278. The zero-order valence-electron chi connectivity index (χ0n) is 14.4. The van der Waals surface area contributed by atoms with Gasteiger partial charge in [0.25, 0.3) is 10.0 Å². The third-order valence-corrected chi connectivity index (χ3v) is 6.54. The second-order valence-electron chi connectivity index (χ2n) is 6.42. The molecule has 3 aromatic rings. The molecule has 27 heavy (non-hydrogen) atoms. The average Bonchev–Trinajstić information content (AvgIpc) is 3.05. The molecule has 0 amide bonds. The number of piperidine rings is 1. The number of fused-ring (bicyclic) bond motifs is 1. The highest BCUT2D eigenvalue weighted by Gasteiger charge is 2.34. The van der Waals surface area contributed by atoms with Crippen molar-refractivity contribution in [3.05, 3.63) is 54.1 Å². The fourth-order valence-electron chi connectivity index (χ4n) is 3.66. The molecule has 1 saturated heterocycles. The first kappa shape index (κ1) is 17.6. The number of pyridine rings is 2. The van der Waals surface area contributed by atoms with E-state index in [0.29, 0.717) is 11.1 Å². The molecule has 0 aliphatic carbocycles. The molecule has 1 fully saturated rings. The maximum absolute atomic E-state index is 13.3. The van der Waals surface area contributed by atoms with Gasteiger partial charge < -0.3 is 10.4 Å². The molecule has 2 N–H and O–H groups in total. The number of hydrogen-bond donors (Lipinski definition) is 2. The Hall–Kier alpha value is -2.78. The number of nitrogens with zero attached hydrogens (tertiary/aromatic N) is 3. The molecule has 0 atom stereocenters. The summed E-state index contributed by atoms with van der Waals surface area (Å²) in [5, 5.41) is 13.2. The van der Waals surface area contributed by atoms with Gasteiger partial charge in [0.2, 0.25) is 0 Å². The number of carboxylic acid groups (broad SMARTS) is 1. The Labute approximate surface area is 155 Å². The summed E-state index contributed by atoms with van der Waals surface area (Å²) in [6.45, 7) is 1.50. The van der Waals surface area contributed by atoms with Crippen molar-refractivity contribution in [3.63, 3.8) is 0 Å². The lowest BCUT2D eigenvalue weighted by Gasteiger charge is -2.23. The molecule has 4 rings (SSSR count). The monoisotopic (exact) mass is 386 g/mol. The van der Waals surface area contributed by atoms with E-state index in [0.717, 1.165) is 29.9 Å². The van der Waals surface area contributed by atoms with Gasteiger partial charge in [-0.05, 0) is 56.1 Å². The Kier molecular flexibility index (Phi) is 4.40. The summed E-state index contributed by atoms with van der Waals surface area (Å²) >= 11 is 0. The molecule has 1 aliphatic rings. The van der Waals surface area contributed by atoms with Crippen molar-refractivity contribution in [3.8, 4) is 0 Å². The van der Waals surface area contributed by atoms with Crippen molar-refractivity contribution < 1.29 is 18.3 Å². The van der Waals surface area contributed by atoms with Crippen LogP contribution >= 0.6 is 0 Å². The second-order valence-corrected chi connectivity index (χ2v) is 8.21. The molecule has 140 valence electrons. The smallest absolute Gasteiger partial charge is 0.353 e. The van der Waals surface area contributed by atoms with E-state index < -0.39 is 16.0 Å². The summed E-state index contributed by atoms with van der Waals surface area (Å²) in [5.74, 6) is -1.35. The van der Waals surface area contributed by atoms with Gasteiger partial charge >= 0.3 is 5.97 Å². The van der Waals surface area contributed by atoms with E-state index in [9.17, 15) is 18.3 Å². The van der Waals surface area contributed by atoms with Gasteiger partial charge in [-0.3, -0.25) is 9.97 Å². The molecule has 9 heteroatoms. The van der Waals surface area contributed by atoms with Crippen LogP contribution in [-0.4, -0.2) is 46.5 Å². The van der Waals surface area contributed by atoms with Crippen molar-refractivity contribution in [2.75, 3.05) is 13.1 Å². The van der Waals surface area contributed by atoms with E-state index in [2.05, 4.69) is 15.3 Å². The second kappa shape index (κ2) is 6.75. The minimum Gasteiger partial charge on any atom is -0.477 e. The van der Waals surface area contributed by atoms with Gasteiger partial charge in [-0.1, -0.05) is 0 Å².